The Bertz CT molecular complexity index is 352. The monoisotopic (exact) mass is 218 g/mol. The van der Waals surface area contributed by atoms with Crippen LogP contribution in [0.4, 0.5) is 0 Å². The zero-order valence-electron chi connectivity index (χ0n) is 10.5. The van der Waals surface area contributed by atoms with Gasteiger partial charge in [0.1, 0.15) is 0 Å². The van der Waals surface area contributed by atoms with Crippen LogP contribution in [0.3, 0.4) is 0 Å². The average Bonchev–Trinajstić information content (AvgIpc) is 2.60. The molecule has 88 valence electrons. The summed E-state index contributed by atoms with van der Waals surface area (Å²) in [5, 5.41) is 10.6. The minimum Gasteiger partial charge on any atom is -0.385 e. The Labute approximate surface area is 98.5 Å². The molecule has 0 heterocycles. The van der Waals surface area contributed by atoms with Crippen LogP contribution in [0.25, 0.3) is 0 Å². The van der Waals surface area contributed by atoms with Gasteiger partial charge in [-0.2, -0.15) is 0 Å². The number of hydrogen-bond acceptors (Lipinski definition) is 1. The van der Waals surface area contributed by atoms with Crippen molar-refractivity contribution >= 4 is 0 Å². The van der Waals surface area contributed by atoms with Crippen LogP contribution in [0, 0.1) is 5.92 Å². The highest BCUT2D eigenvalue weighted by atomic mass is 16.3. The Kier molecular flexibility index (Phi) is 3.07. The summed E-state index contributed by atoms with van der Waals surface area (Å²) in [5.41, 5.74) is 1.88. The number of aliphatic hydroxyl groups is 1. The molecule has 1 aliphatic carbocycles. The molecular weight excluding hydrogens is 196 g/mol. The minimum absolute atomic E-state index is 0.561. The molecule has 1 N–H and O–H groups in total. The standard InChI is InChI=1S/C15H22O/c1-11(2)13-4-6-14(7-5-13)15(16)9-8-12(3)10-15/h4-7,11-12,16H,8-10H2,1-3H3. The van der Waals surface area contributed by atoms with Gasteiger partial charge in [-0.15, -0.1) is 0 Å². The van der Waals surface area contributed by atoms with Gasteiger partial charge in [-0.25, -0.2) is 0 Å². The van der Waals surface area contributed by atoms with Gasteiger partial charge in [-0.3, -0.25) is 0 Å². The minimum atomic E-state index is -0.561. The van der Waals surface area contributed by atoms with Crippen molar-refractivity contribution in [2.75, 3.05) is 0 Å². The van der Waals surface area contributed by atoms with Crippen molar-refractivity contribution in [3.63, 3.8) is 0 Å². The first-order chi connectivity index (χ1) is 7.51. The van der Waals surface area contributed by atoms with Crippen LogP contribution in [0.1, 0.15) is 57.1 Å². The highest BCUT2D eigenvalue weighted by molar-refractivity contribution is 5.29. The Morgan fingerprint density at radius 3 is 2.31 bits per heavy atom. The van der Waals surface area contributed by atoms with Gasteiger partial charge < -0.3 is 5.11 Å². The summed E-state index contributed by atoms with van der Waals surface area (Å²) in [6, 6.07) is 8.52. The maximum atomic E-state index is 10.6. The third-order valence-corrected chi connectivity index (χ3v) is 3.85. The first-order valence-electron chi connectivity index (χ1n) is 6.34. The van der Waals surface area contributed by atoms with E-state index in [9.17, 15) is 5.11 Å². The molecule has 0 spiro atoms. The molecule has 1 saturated carbocycles. The third kappa shape index (κ3) is 2.15. The van der Waals surface area contributed by atoms with Gasteiger partial charge in [0.05, 0.1) is 5.60 Å². The fourth-order valence-electron chi connectivity index (χ4n) is 2.71. The van der Waals surface area contributed by atoms with Crippen molar-refractivity contribution < 1.29 is 5.11 Å². The van der Waals surface area contributed by atoms with Crippen LogP contribution in [0.15, 0.2) is 24.3 Å². The van der Waals surface area contributed by atoms with E-state index in [-0.39, 0.29) is 0 Å². The summed E-state index contributed by atoms with van der Waals surface area (Å²) in [6.07, 6.45) is 2.96. The molecule has 0 amide bonds. The Hall–Kier alpha value is -0.820. The highest BCUT2D eigenvalue weighted by Crippen LogP contribution is 2.41. The highest BCUT2D eigenvalue weighted by Gasteiger charge is 2.36. The molecule has 2 atom stereocenters. The van der Waals surface area contributed by atoms with Gasteiger partial charge in [0.25, 0.3) is 0 Å². The molecule has 1 nitrogen and oxygen atoms in total. The van der Waals surface area contributed by atoms with Gasteiger partial charge in [-0.1, -0.05) is 45.0 Å². The maximum Gasteiger partial charge on any atom is 0.0899 e. The van der Waals surface area contributed by atoms with E-state index in [2.05, 4.69) is 45.0 Å². The summed E-state index contributed by atoms with van der Waals surface area (Å²) in [4.78, 5) is 0. The first-order valence-corrected chi connectivity index (χ1v) is 6.34. The lowest BCUT2D eigenvalue weighted by Gasteiger charge is -2.23. The summed E-state index contributed by atoms with van der Waals surface area (Å²) in [5.74, 6) is 1.21. The largest absolute Gasteiger partial charge is 0.385 e. The van der Waals surface area contributed by atoms with Crippen molar-refractivity contribution in [2.45, 2.75) is 51.6 Å². The van der Waals surface area contributed by atoms with Gasteiger partial charge in [0.15, 0.2) is 0 Å². The molecule has 1 aromatic carbocycles. The van der Waals surface area contributed by atoms with Gasteiger partial charge in [0, 0.05) is 0 Å². The molecule has 2 unspecified atom stereocenters. The molecular formula is C15H22O. The van der Waals surface area contributed by atoms with E-state index < -0.39 is 5.60 Å². The number of hydrogen-bond donors (Lipinski definition) is 1. The lowest BCUT2D eigenvalue weighted by molar-refractivity contribution is 0.0408. The van der Waals surface area contributed by atoms with E-state index >= 15 is 0 Å². The Morgan fingerprint density at radius 2 is 1.88 bits per heavy atom. The van der Waals surface area contributed by atoms with Crippen LogP contribution in [0.2, 0.25) is 0 Å². The van der Waals surface area contributed by atoms with Crippen molar-refractivity contribution in [1.29, 1.82) is 0 Å². The van der Waals surface area contributed by atoms with E-state index in [1.165, 1.54) is 5.56 Å². The molecule has 0 bridgehead atoms. The number of rotatable bonds is 2. The van der Waals surface area contributed by atoms with E-state index in [4.69, 9.17) is 0 Å². The average molecular weight is 218 g/mol. The normalized spacial score (nSPS) is 29.9. The lowest BCUT2D eigenvalue weighted by Crippen LogP contribution is -2.21. The predicted octanol–water partition coefficient (Wildman–Crippen LogP) is 3.82. The van der Waals surface area contributed by atoms with E-state index in [0.717, 1.165) is 24.8 Å². The Morgan fingerprint density at radius 1 is 1.25 bits per heavy atom. The van der Waals surface area contributed by atoms with Crippen molar-refractivity contribution in [1.82, 2.24) is 0 Å². The molecule has 16 heavy (non-hydrogen) atoms. The zero-order valence-corrected chi connectivity index (χ0v) is 10.5. The first kappa shape index (κ1) is 11.7. The van der Waals surface area contributed by atoms with Gasteiger partial charge in [-0.05, 0) is 42.2 Å². The van der Waals surface area contributed by atoms with E-state index in [1.807, 2.05) is 0 Å². The molecule has 1 fully saturated rings. The molecule has 1 aliphatic rings. The molecule has 0 radical (unpaired) electrons. The van der Waals surface area contributed by atoms with Crippen LogP contribution in [-0.2, 0) is 5.60 Å². The predicted molar refractivity (Wildman–Crippen MR) is 67.4 cm³/mol. The second kappa shape index (κ2) is 4.21. The second-order valence-electron chi connectivity index (χ2n) is 5.66. The zero-order chi connectivity index (χ0) is 11.8. The molecule has 1 heteroatoms. The van der Waals surface area contributed by atoms with Gasteiger partial charge >= 0.3 is 0 Å². The van der Waals surface area contributed by atoms with Crippen LogP contribution in [0.5, 0.6) is 0 Å². The van der Waals surface area contributed by atoms with Gasteiger partial charge in [0.2, 0.25) is 0 Å². The third-order valence-electron chi connectivity index (χ3n) is 3.85. The van der Waals surface area contributed by atoms with Crippen molar-refractivity contribution in [3.8, 4) is 0 Å². The molecule has 0 saturated heterocycles. The fourth-order valence-corrected chi connectivity index (χ4v) is 2.71. The molecule has 2 rings (SSSR count). The van der Waals surface area contributed by atoms with Crippen LogP contribution >= 0.6 is 0 Å². The Balaban J connectivity index is 2.21. The van der Waals surface area contributed by atoms with Crippen LogP contribution in [-0.4, -0.2) is 5.11 Å². The SMILES string of the molecule is CC1CCC(O)(c2ccc(C(C)C)cc2)C1. The summed E-state index contributed by atoms with van der Waals surface area (Å²) in [6.45, 7) is 6.61. The van der Waals surface area contributed by atoms with Crippen LogP contribution < -0.4 is 0 Å². The lowest BCUT2D eigenvalue weighted by atomic mass is 9.89. The number of benzene rings is 1. The molecule has 0 aromatic heterocycles. The molecule has 1 aromatic rings. The van der Waals surface area contributed by atoms with E-state index in [1.54, 1.807) is 0 Å². The van der Waals surface area contributed by atoms with Crippen molar-refractivity contribution in [2.24, 2.45) is 5.92 Å². The second-order valence-corrected chi connectivity index (χ2v) is 5.66. The van der Waals surface area contributed by atoms with Crippen molar-refractivity contribution in [3.05, 3.63) is 35.4 Å². The summed E-state index contributed by atoms with van der Waals surface area (Å²) in [7, 11) is 0. The quantitative estimate of drug-likeness (QED) is 0.800. The topological polar surface area (TPSA) is 20.2 Å². The molecule has 0 aliphatic heterocycles. The smallest absolute Gasteiger partial charge is 0.0899 e. The van der Waals surface area contributed by atoms with E-state index in [0.29, 0.717) is 11.8 Å². The summed E-state index contributed by atoms with van der Waals surface area (Å²) >= 11 is 0. The maximum absolute atomic E-state index is 10.6. The summed E-state index contributed by atoms with van der Waals surface area (Å²) < 4.78 is 0. The fraction of sp³-hybridized carbons (Fsp3) is 0.600.